The molecule has 1 amide bonds. The third-order valence-corrected chi connectivity index (χ3v) is 4.40. The van der Waals surface area contributed by atoms with Crippen molar-refractivity contribution in [1.82, 2.24) is 14.9 Å². The molecule has 0 radical (unpaired) electrons. The molecule has 1 aromatic heterocycles. The molecule has 6 heteroatoms. The van der Waals surface area contributed by atoms with E-state index in [-0.39, 0.29) is 17.8 Å². The summed E-state index contributed by atoms with van der Waals surface area (Å²) in [5.41, 5.74) is 1.92. The number of H-pyrrole nitrogens is 1. The number of imidazole rings is 1. The van der Waals surface area contributed by atoms with Crippen LogP contribution < -0.4 is 0 Å². The zero-order valence-corrected chi connectivity index (χ0v) is 13.2. The monoisotopic (exact) mass is 315 g/mol. The number of para-hydroxylation sites is 2. The molecular weight excluding hydrogens is 294 g/mol. The Morgan fingerprint density at radius 1 is 1.30 bits per heavy atom. The smallest absolute Gasteiger partial charge is 0.308 e. The van der Waals surface area contributed by atoms with E-state index < -0.39 is 0 Å². The number of nitrogens with one attached hydrogen (secondary N) is 1. The highest BCUT2D eigenvalue weighted by atomic mass is 16.5. The van der Waals surface area contributed by atoms with Crippen LogP contribution in [-0.4, -0.2) is 46.9 Å². The van der Waals surface area contributed by atoms with Gasteiger partial charge in [0.05, 0.1) is 24.1 Å². The van der Waals surface area contributed by atoms with Crippen molar-refractivity contribution in [3.8, 4) is 0 Å². The molecule has 1 saturated heterocycles. The number of rotatable bonds is 4. The second kappa shape index (κ2) is 6.81. The van der Waals surface area contributed by atoms with Crippen molar-refractivity contribution in [2.24, 2.45) is 5.92 Å². The number of hydrogen-bond donors (Lipinski definition) is 1. The SMILES string of the molecule is COC(=O)C1CCN(C(=O)CCc2nc3ccccc3[nH]2)CC1. The minimum Gasteiger partial charge on any atom is -0.469 e. The average Bonchev–Trinajstić information content (AvgIpc) is 3.02. The fourth-order valence-corrected chi connectivity index (χ4v) is 3.04. The highest BCUT2D eigenvalue weighted by Crippen LogP contribution is 2.19. The first-order valence-corrected chi connectivity index (χ1v) is 7.96. The molecule has 0 atom stereocenters. The van der Waals surface area contributed by atoms with Crippen LogP contribution in [0.2, 0.25) is 0 Å². The molecule has 1 N–H and O–H groups in total. The Morgan fingerprint density at radius 2 is 2.04 bits per heavy atom. The summed E-state index contributed by atoms with van der Waals surface area (Å²) in [5, 5.41) is 0. The van der Waals surface area contributed by atoms with Crippen molar-refractivity contribution in [3.63, 3.8) is 0 Å². The van der Waals surface area contributed by atoms with Gasteiger partial charge in [0.25, 0.3) is 0 Å². The number of likely N-dealkylation sites (tertiary alicyclic amines) is 1. The summed E-state index contributed by atoms with van der Waals surface area (Å²) in [6.45, 7) is 1.25. The third-order valence-electron chi connectivity index (χ3n) is 4.40. The number of aromatic amines is 1. The summed E-state index contributed by atoms with van der Waals surface area (Å²) in [5.74, 6) is 0.719. The summed E-state index contributed by atoms with van der Waals surface area (Å²) in [4.78, 5) is 33.4. The van der Waals surface area contributed by atoms with Crippen molar-refractivity contribution in [1.29, 1.82) is 0 Å². The minimum absolute atomic E-state index is 0.0700. The van der Waals surface area contributed by atoms with Crippen LogP contribution in [0.4, 0.5) is 0 Å². The first kappa shape index (κ1) is 15.5. The number of benzene rings is 1. The number of aryl methyl sites for hydroxylation is 1. The van der Waals surface area contributed by atoms with Crippen LogP contribution >= 0.6 is 0 Å². The van der Waals surface area contributed by atoms with Crippen molar-refractivity contribution >= 4 is 22.9 Å². The Morgan fingerprint density at radius 3 is 2.74 bits per heavy atom. The van der Waals surface area contributed by atoms with Gasteiger partial charge in [0.2, 0.25) is 5.91 Å². The van der Waals surface area contributed by atoms with Gasteiger partial charge in [0.1, 0.15) is 5.82 Å². The minimum atomic E-state index is -0.167. The van der Waals surface area contributed by atoms with E-state index in [0.717, 1.165) is 16.9 Å². The number of methoxy groups -OCH3 is 1. The molecule has 1 fully saturated rings. The molecule has 6 nitrogen and oxygen atoms in total. The van der Waals surface area contributed by atoms with E-state index in [4.69, 9.17) is 4.74 Å². The number of piperidine rings is 1. The molecule has 3 rings (SSSR count). The molecule has 1 aliphatic rings. The summed E-state index contributed by atoms with van der Waals surface area (Å²) in [7, 11) is 1.41. The molecule has 0 bridgehead atoms. The quantitative estimate of drug-likeness (QED) is 0.875. The number of carbonyl (C=O) groups is 2. The van der Waals surface area contributed by atoms with Gasteiger partial charge in [-0.05, 0) is 25.0 Å². The number of hydrogen-bond acceptors (Lipinski definition) is 4. The van der Waals surface area contributed by atoms with Crippen LogP contribution in [0.1, 0.15) is 25.1 Å². The van der Waals surface area contributed by atoms with Gasteiger partial charge in [-0.25, -0.2) is 4.98 Å². The lowest BCUT2D eigenvalue weighted by Gasteiger charge is -2.30. The van der Waals surface area contributed by atoms with Crippen LogP contribution in [0.15, 0.2) is 24.3 Å². The van der Waals surface area contributed by atoms with Crippen LogP contribution in [0.25, 0.3) is 11.0 Å². The second-order valence-corrected chi connectivity index (χ2v) is 5.88. The number of aromatic nitrogens is 2. The van der Waals surface area contributed by atoms with E-state index in [1.807, 2.05) is 29.2 Å². The zero-order valence-electron chi connectivity index (χ0n) is 13.2. The molecule has 0 saturated carbocycles. The predicted octanol–water partition coefficient (Wildman–Crippen LogP) is 1.91. The van der Waals surface area contributed by atoms with Crippen LogP contribution in [0.3, 0.4) is 0 Å². The maximum atomic E-state index is 12.3. The first-order chi connectivity index (χ1) is 11.2. The lowest BCUT2D eigenvalue weighted by Crippen LogP contribution is -2.40. The molecular formula is C17H21N3O3. The first-order valence-electron chi connectivity index (χ1n) is 7.96. The van der Waals surface area contributed by atoms with Crippen molar-refractivity contribution in [2.45, 2.75) is 25.7 Å². The number of amides is 1. The lowest BCUT2D eigenvalue weighted by atomic mass is 9.97. The standard InChI is InChI=1S/C17H21N3O3/c1-23-17(22)12-8-10-20(11-9-12)16(21)7-6-15-18-13-4-2-3-5-14(13)19-15/h2-5,12H,6-11H2,1H3,(H,18,19). The molecule has 122 valence electrons. The van der Waals surface area contributed by atoms with Crippen LogP contribution in [0.5, 0.6) is 0 Å². The van der Waals surface area contributed by atoms with Gasteiger partial charge in [-0.2, -0.15) is 0 Å². The fraction of sp³-hybridized carbons (Fsp3) is 0.471. The molecule has 2 heterocycles. The summed E-state index contributed by atoms with van der Waals surface area (Å²) in [6, 6.07) is 7.84. The molecule has 0 unspecified atom stereocenters. The average molecular weight is 315 g/mol. The third kappa shape index (κ3) is 3.52. The molecule has 2 aromatic rings. The summed E-state index contributed by atoms with van der Waals surface area (Å²) >= 11 is 0. The molecule has 0 aliphatic carbocycles. The van der Waals surface area contributed by atoms with E-state index in [1.54, 1.807) is 0 Å². The Bertz CT molecular complexity index is 669. The Kier molecular flexibility index (Phi) is 4.60. The van der Waals surface area contributed by atoms with Gasteiger partial charge < -0.3 is 14.6 Å². The fourth-order valence-electron chi connectivity index (χ4n) is 3.04. The Balaban J connectivity index is 1.51. The Labute approximate surface area is 134 Å². The maximum Gasteiger partial charge on any atom is 0.308 e. The number of fused-ring (bicyclic) bond motifs is 1. The van der Waals surface area contributed by atoms with Gasteiger partial charge in [-0.3, -0.25) is 9.59 Å². The molecule has 23 heavy (non-hydrogen) atoms. The largest absolute Gasteiger partial charge is 0.469 e. The number of carbonyl (C=O) groups excluding carboxylic acids is 2. The van der Waals surface area contributed by atoms with Gasteiger partial charge in [0, 0.05) is 25.9 Å². The van der Waals surface area contributed by atoms with Crippen LogP contribution in [0, 0.1) is 5.92 Å². The van der Waals surface area contributed by atoms with E-state index in [0.29, 0.717) is 38.8 Å². The summed E-state index contributed by atoms with van der Waals surface area (Å²) in [6.07, 6.45) is 2.40. The second-order valence-electron chi connectivity index (χ2n) is 5.88. The zero-order chi connectivity index (χ0) is 16.2. The van der Waals surface area contributed by atoms with Crippen molar-refractivity contribution in [2.75, 3.05) is 20.2 Å². The highest BCUT2D eigenvalue weighted by Gasteiger charge is 2.27. The topological polar surface area (TPSA) is 75.3 Å². The van der Waals surface area contributed by atoms with Gasteiger partial charge in [-0.15, -0.1) is 0 Å². The van der Waals surface area contributed by atoms with Gasteiger partial charge in [0.15, 0.2) is 0 Å². The summed E-state index contributed by atoms with van der Waals surface area (Å²) < 4.78 is 4.76. The van der Waals surface area contributed by atoms with Crippen molar-refractivity contribution in [3.05, 3.63) is 30.1 Å². The Hall–Kier alpha value is -2.37. The number of esters is 1. The van der Waals surface area contributed by atoms with Gasteiger partial charge >= 0.3 is 5.97 Å². The number of nitrogens with zero attached hydrogens (tertiary/aromatic N) is 2. The number of ether oxygens (including phenoxy) is 1. The molecule has 1 aliphatic heterocycles. The molecule has 0 spiro atoms. The predicted molar refractivity (Wildman–Crippen MR) is 85.7 cm³/mol. The maximum absolute atomic E-state index is 12.3. The molecule has 1 aromatic carbocycles. The van der Waals surface area contributed by atoms with E-state index in [1.165, 1.54) is 7.11 Å². The van der Waals surface area contributed by atoms with E-state index in [2.05, 4.69) is 9.97 Å². The highest BCUT2D eigenvalue weighted by molar-refractivity contribution is 5.78. The van der Waals surface area contributed by atoms with E-state index in [9.17, 15) is 9.59 Å². The van der Waals surface area contributed by atoms with Crippen LogP contribution in [-0.2, 0) is 20.7 Å². The lowest BCUT2D eigenvalue weighted by molar-refractivity contribution is -0.148. The normalized spacial score (nSPS) is 15.8. The van der Waals surface area contributed by atoms with E-state index >= 15 is 0 Å². The van der Waals surface area contributed by atoms with Crippen molar-refractivity contribution < 1.29 is 14.3 Å². The van der Waals surface area contributed by atoms with Gasteiger partial charge in [-0.1, -0.05) is 12.1 Å².